The number of benzene rings is 2. The summed E-state index contributed by atoms with van der Waals surface area (Å²) in [5.41, 5.74) is 11.8. The average molecular weight is 254 g/mol. The van der Waals surface area contributed by atoms with E-state index in [1.165, 1.54) is 4.70 Å². The number of rotatable bonds is 1. The molecule has 1 aromatic heterocycles. The molecule has 0 unspecified atom stereocenters. The molecule has 0 saturated carbocycles. The standard InChI is InChI=1S/C13H10N2S.N2/c14-11-6-2-1-4-9(11)10-5-3-7-12-13(10)15-8-16-12;1-2/h1-8H,14H2;. The molecule has 0 fully saturated rings. The highest BCUT2D eigenvalue weighted by Gasteiger charge is 2.07. The fourth-order valence-electron chi connectivity index (χ4n) is 1.85. The van der Waals surface area contributed by atoms with Gasteiger partial charge in [0.25, 0.3) is 0 Å². The van der Waals surface area contributed by atoms with Crippen molar-refractivity contribution in [2.24, 2.45) is 0 Å². The molecule has 0 aliphatic rings. The van der Waals surface area contributed by atoms with Gasteiger partial charge in [0.1, 0.15) is 0 Å². The Balaban J connectivity index is 0.000000574. The zero-order valence-corrected chi connectivity index (χ0v) is 10.3. The van der Waals surface area contributed by atoms with E-state index in [9.17, 15) is 0 Å². The van der Waals surface area contributed by atoms with Crippen molar-refractivity contribution in [1.29, 1.82) is 10.8 Å². The first-order valence-electron chi connectivity index (χ1n) is 5.23. The molecule has 4 nitrogen and oxygen atoms in total. The van der Waals surface area contributed by atoms with Crippen LogP contribution in [0.2, 0.25) is 0 Å². The summed E-state index contributed by atoms with van der Waals surface area (Å²) < 4.78 is 1.20. The van der Waals surface area contributed by atoms with Crippen LogP contribution in [0.15, 0.2) is 48.0 Å². The van der Waals surface area contributed by atoms with Crippen LogP contribution in [0.4, 0.5) is 5.69 Å². The molecule has 0 spiro atoms. The number of aromatic nitrogens is 1. The zero-order valence-electron chi connectivity index (χ0n) is 9.45. The molecule has 0 amide bonds. The molecule has 2 N–H and O–H groups in total. The lowest BCUT2D eigenvalue weighted by atomic mass is 10.0. The Labute approximate surface area is 108 Å². The highest BCUT2D eigenvalue weighted by molar-refractivity contribution is 7.16. The van der Waals surface area contributed by atoms with Gasteiger partial charge in [0.2, 0.25) is 0 Å². The number of fused-ring (bicyclic) bond motifs is 1. The Morgan fingerprint density at radius 3 is 2.44 bits per heavy atom. The monoisotopic (exact) mass is 254 g/mol. The minimum atomic E-state index is 0.794. The number of nitrogen functional groups attached to an aromatic ring is 1. The maximum Gasteiger partial charge on any atom is 0.0891 e. The van der Waals surface area contributed by atoms with E-state index in [1.807, 2.05) is 35.8 Å². The lowest BCUT2D eigenvalue weighted by molar-refractivity contribution is 1.15. The van der Waals surface area contributed by atoms with E-state index in [0.29, 0.717) is 0 Å². The van der Waals surface area contributed by atoms with Crippen LogP contribution in [-0.4, -0.2) is 4.98 Å². The van der Waals surface area contributed by atoms with Gasteiger partial charge in [0, 0.05) is 27.6 Å². The Morgan fingerprint density at radius 2 is 1.67 bits per heavy atom. The number of nitrogens with two attached hydrogens (primary N) is 1. The van der Waals surface area contributed by atoms with Crippen LogP contribution < -0.4 is 5.73 Å². The first-order valence-corrected chi connectivity index (χ1v) is 6.11. The summed E-state index contributed by atoms with van der Waals surface area (Å²) in [7, 11) is 0. The molecule has 3 aromatic rings. The van der Waals surface area contributed by atoms with Gasteiger partial charge in [-0.25, -0.2) is 4.98 Å². The molecular weight excluding hydrogens is 244 g/mol. The van der Waals surface area contributed by atoms with Crippen molar-refractivity contribution in [2.45, 2.75) is 0 Å². The third-order valence-corrected chi connectivity index (χ3v) is 3.41. The molecule has 3 rings (SSSR count). The summed E-state index contributed by atoms with van der Waals surface area (Å²) >= 11 is 1.65. The van der Waals surface area contributed by atoms with Gasteiger partial charge < -0.3 is 5.73 Å². The normalized spacial score (nSPS) is 9.67. The maximum absolute atomic E-state index is 6.00. The summed E-state index contributed by atoms with van der Waals surface area (Å²) in [5, 5.41) is 12.0. The molecule has 5 heteroatoms. The molecule has 18 heavy (non-hydrogen) atoms. The highest BCUT2D eigenvalue weighted by atomic mass is 32.1. The average Bonchev–Trinajstić information content (AvgIpc) is 2.90. The predicted octanol–water partition coefficient (Wildman–Crippen LogP) is 3.58. The third-order valence-electron chi connectivity index (χ3n) is 2.61. The fraction of sp³-hybridized carbons (Fsp3) is 0. The van der Waals surface area contributed by atoms with Crippen molar-refractivity contribution in [2.75, 3.05) is 5.73 Å². The summed E-state index contributed by atoms with van der Waals surface area (Å²) in [6.45, 7) is 0. The van der Waals surface area contributed by atoms with Gasteiger partial charge in [-0.05, 0) is 12.1 Å². The minimum Gasteiger partial charge on any atom is -0.398 e. The van der Waals surface area contributed by atoms with E-state index >= 15 is 0 Å². The largest absolute Gasteiger partial charge is 0.398 e. The molecule has 0 aliphatic carbocycles. The molecule has 0 radical (unpaired) electrons. The van der Waals surface area contributed by atoms with Gasteiger partial charge in [-0.15, -0.1) is 11.3 Å². The summed E-state index contributed by atoms with van der Waals surface area (Å²) in [4.78, 5) is 4.40. The second kappa shape index (κ2) is 5.25. The molecule has 1 heterocycles. The van der Waals surface area contributed by atoms with Crippen molar-refractivity contribution in [3.05, 3.63) is 48.0 Å². The second-order valence-electron chi connectivity index (χ2n) is 3.59. The number of hydrogen-bond donors (Lipinski definition) is 1. The first kappa shape index (κ1) is 12.0. The lowest BCUT2D eigenvalue weighted by Crippen LogP contribution is -1.89. The van der Waals surface area contributed by atoms with E-state index in [4.69, 9.17) is 16.5 Å². The van der Waals surface area contributed by atoms with Crippen LogP contribution in [0.25, 0.3) is 21.3 Å². The summed E-state index contributed by atoms with van der Waals surface area (Å²) in [6.07, 6.45) is 0. The summed E-state index contributed by atoms with van der Waals surface area (Å²) in [6, 6.07) is 14.1. The SMILES string of the molecule is N#N.Nc1ccccc1-c1cccc2scnc12. The van der Waals surface area contributed by atoms with Crippen LogP contribution in [0.5, 0.6) is 0 Å². The fourth-order valence-corrected chi connectivity index (χ4v) is 2.55. The predicted molar refractivity (Wildman–Crippen MR) is 72.9 cm³/mol. The molecule has 0 saturated heterocycles. The van der Waals surface area contributed by atoms with E-state index < -0.39 is 0 Å². The molecular formula is C13H10N4S. The third kappa shape index (κ3) is 2.01. The van der Waals surface area contributed by atoms with Crippen LogP contribution in [0.3, 0.4) is 0 Å². The van der Waals surface area contributed by atoms with Crippen molar-refractivity contribution in [3.8, 4) is 11.1 Å². The maximum atomic E-state index is 6.00. The van der Waals surface area contributed by atoms with Gasteiger partial charge >= 0.3 is 0 Å². The molecule has 0 atom stereocenters. The van der Waals surface area contributed by atoms with Crippen molar-refractivity contribution in [1.82, 2.24) is 4.98 Å². The number of hydrogen-bond acceptors (Lipinski definition) is 5. The number of anilines is 1. The van der Waals surface area contributed by atoms with Crippen LogP contribution in [0, 0.1) is 10.8 Å². The number of nitrogens with zero attached hydrogens (tertiary/aromatic N) is 3. The quantitative estimate of drug-likeness (QED) is 0.531. The first-order chi connectivity index (χ1) is 8.86. The topological polar surface area (TPSA) is 86.5 Å². The Hall–Kier alpha value is -2.45. The minimum absolute atomic E-state index is 0.794. The van der Waals surface area contributed by atoms with E-state index in [1.54, 1.807) is 11.3 Å². The molecule has 2 aromatic carbocycles. The Bertz CT molecular complexity index is 687. The smallest absolute Gasteiger partial charge is 0.0891 e. The van der Waals surface area contributed by atoms with Crippen molar-refractivity contribution < 1.29 is 0 Å². The summed E-state index contributed by atoms with van der Waals surface area (Å²) in [5.74, 6) is 0. The molecule has 88 valence electrons. The van der Waals surface area contributed by atoms with Gasteiger partial charge in [-0.2, -0.15) is 0 Å². The van der Waals surface area contributed by atoms with Crippen molar-refractivity contribution >= 4 is 27.2 Å². The van der Waals surface area contributed by atoms with E-state index in [0.717, 1.165) is 22.3 Å². The zero-order chi connectivity index (χ0) is 13.0. The van der Waals surface area contributed by atoms with Crippen molar-refractivity contribution in [3.63, 3.8) is 0 Å². The van der Waals surface area contributed by atoms with Gasteiger partial charge in [-0.1, -0.05) is 30.3 Å². The van der Waals surface area contributed by atoms with Crippen LogP contribution in [-0.2, 0) is 0 Å². The van der Waals surface area contributed by atoms with Gasteiger partial charge in [0.05, 0.1) is 15.7 Å². The molecule has 0 aliphatic heterocycles. The van der Waals surface area contributed by atoms with Crippen LogP contribution >= 0.6 is 11.3 Å². The number of thiazole rings is 1. The second-order valence-corrected chi connectivity index (χ2v) is 4.48. The van der Waals surface area contributed by atoms with E-state index in [-0.39, 0.29) is 0 Å². The number of para-hydroxylation sites is 2. The van der Waals surface area contributed by atoms with Crippen LogP contribution in [0.1, 0.15) is 0 Å². The van der Waals surface area contributed by atoms with E-state index in [2.05, 4.69) is 17.1 Å². The van der Waals surface area contributed by atoms with Gasteiger partial charge in [-0.3, -0.25) is 0 Å². The van der Waals surface area contributed by atoms with Gasteiger partial charge in [0.15, 0.2) is 0 Å². The lowest BCUT2D eigenvalue weighted by Gasteiger charge is -2.05. The highest BCUT2D eigenvalue weighted by Crippen LogP contribution is 2.32. The Kier molecular flexibility index (Phi) is 3.51. The molecule has 0 bridgehead atoms. The Morgan fingerprint density at radius 1 is 0.944 bits per heavy atom.